The molecule has 0 N–H and O–H groups in total. The molecule has 19 heavy (non-hydrogen) atoms. The number of sulfone groups is 1. The summed E-state index contributed by atoms with van der Waals surface area (Å²) in [7, 11) is -1.30. The minimum atomic E-state index is -3.15. The van der Waals surface area contributed by atoms with Gasteiger partial charge in [0.05, 0.1) is 6.54 Å². The van der Waals surface area contributed by atoms with Gasteiger partial charge in [0.15, 0.2) is 15.6 Å². The number of ketones is 1. The van der Waals surface area contributed by atoms with E-state index in [1.807, 2.05) is 17.8 Å². The second-order valence-electron chi connectivity index (χ2n) is 4.82. The first-order chi connectivity index (χ1) is 8.88. The van der Waals surface area contributed by atoms with Gasteiger partial charge in [0.2, 0.25) is 0 Å². The van der Waals surface area contributed by atoms with E-state index in [0.29, 0.717) is 17.9 Å². The zero-order chi connectivity index (χ0) is 14.0. The van der Waals surface area contributed by atoms with E-state index in [-0.39, 0.29) is 12.3 Å². The number of aryl methyl sites for hydroxylation is 1. The minimum absolute atomic E-state index is 0.0267. The molecule has 1 aromatic heterocycles. The average Bonchev–Trinajstić information content (AvgIpc) is 2.75. The molecule has 0 saturated carbocycles. The number of hydrogen-bond donors (Lipinski definition) is 0. The van der Waals surface area contributed by atoms with E-state index >= 15 is 0 Å². The van der Waals surface area contributed by atoms with Gasteiger partial charge < -0.3 is 4.57 Å². The molecular formula is C12H18N2O3S2. The number of aromatic nitrogens is 1. The Morgan fingerprint density at radius 1 is 1.53 bits per heavy atom. The topological polar surface area (TPSA) is 59.4 Å². The zero-order valence-electron chi connectivity index (χ0n) is 11.1. The largest absolute Gasteiger partial charge is 0.357 e. The van der Waals surface area contributed by atoms with Crippen molar-refractivity contribution in [3.8, 4) is 0 Å². The van der Waals surface area contributed by atoms with Crippen LogP contribution in [0.5, 0.6) is 0 Å². The highest BCUT2D eigenvalue weighted by Crippen LogP contribution is 2.20. The number of Topliss-reactive ketones (excluding diaryl/α,β-unsaturated/α-hetero) is 1. The summed E-state index contributed by atoms with van der Waals surface area (Å²) in [6, 6.07) is 1.76. The predicted molar refractivity (Wildman–Crippen MR) is 77.3 cm³/mol. The highest BCUT2D eigenvalue weighted by Gasteiger charge is 2.32. The second-order valence-corrected chi connectivity index (χ2v) is 8.17. The monoisotopic (exact) mass is 302 g/mol. The quantitative estimate of drug-likeness (QED) is 0.764. The number of carbonyl (C=O) groups excluding carboxylic acids is 1. The van der Waals surface area contributed by atoms with Gasteiger partial charge in [0.1, 0.15) is 5.37 Å². The highest BCUT2D eigenvalue weighted by atomic mass is 32.2. The fourth-order valence-electron chi connectivity index (χ4n) is 2.13. The van der Waals surface area contributed by atoms with E-state index in [9.17, 15) is 13.2 Å². The fraction of sp³-hybridized carbons (Fsp3) is 0.583. The van der Waals surface area contributed by atoms with Crippen LogP contribution in [0.2, 0.25) is 0 Å². The van der Waals surface area contributed by atoms with Crippen molar-refractivity contribution in [2.75, 3.05) is 30.9 Å². The van der Waals surface area contributed by atoms with Gasteiger partial charge in [0, 0.05) is 49.3 Å². The zero-order valence-corrected chi connectivity index (χ0v) is 12.7. The standard InChI is InChI=1S/C12H18N2O3S2/c1-13-4-3-10(7-13)11(15)8-14-5-6-18-9-12(14)19(2,16)17/h3-4,7,12H,5-6,8-9H2,1-2H3. The molecule has 7 heteroatoms. The Kier molecular flexibility index (Phi) is 4.37. The maximum atomic E-state index is 12.1. The van der Waals surface area contributed by atoms with Crippen molar-refractivity contribution < 1.29 is 13.2 Å². The van der Waals surface area contributed by atoms with E-state index in [2.05, 4.69) is 0 Å². The minimum Gasteiger partial charge on any atom is -0.357 e. The van der Waals surface area contributed by atoms with Gasteiger partial charge in [-0.3, -0.25) is 9.69 Å². The third-order valence-electron chi connectivity index (χ3n) is 3.19. The molecule has 5 nitrogen and oxygen atoms in total. The Balaban J connectivity index is 2.10. The fourth-order valence-corrected chi connectivity index (χ4v) is 5.08. The van der Waals surface area contributed by atoms with E-state index in [1.54, 1.807) is 28.9 Å². The molecule has 2 rings (SSSR count). The van der Waals surface area contributed by atoms with Gasteiger partial charge >= 0.3 is 0 Å². The smallest absolute Gasteiger partial charge is 0.178 e. The van der Waals surface area contributed by atoms with Gasteiger partial charge in [0.25, 0.3) is 0 Å². The Bertz CT molecular complexity index is 565. The Labute approximate surface area is 117 Å². The molecule has 1 unspecified atom stereocenters. The third-order valence-corrected chi connectivity index (χ3v) is 5.87. The van der Waals surface area contributed by atoms with Crippen LogP contribution in [0.15, 0.2) is 18.5 Å². The number of hydrogen-bond acceptors (Lipinski definition) is 5. The lowest BCUT2D eigenvalue weighted by atomic mass is 10.2. The van der Waals surface area contributed by atoms with Crippen LogP contribution in [0.3, 0.4) is 0 Å². The van der Waals surface area contributed by atoms with Crippen LogP contribution in [0, 0.1) is 0 Å². The average molecular weight is 302 g/mol. The van der Waals surface area contributed by atoms with Gasteiger partial charge in [-0.25, -0.2) is 8.42 Å². The molecule has 1 aromatic rings. The van der Waals surface area contributed by atoms with Crippen LogP contribution in [0.4, 0.5) is 0 Å². The molecule has 1 saturated heterocycles. The molecule has 0 aromatic carbocycles. The lowest BCUT2D eigenvalue weighted by Crippen LogP contribution is -2.48. The van der Waals surface area contributed by atoms with Crippen molar-refractivity contribution in [1.82, 2.24) is 9.47 Å². The first-order valence-electron chi connectivity index (χ1n) is 6.04. The van der Waals surface area contributed by atoms with Crippen molar-refractivity contribution in [1.29, 1.82) is 0 Å². The molecule has 1 aliphatic heterocycles. The van der Waals surface area contributed by atoms with Crippen LogP contribution in [-0.4, -0.2) is 59.9 Å². The molecule has 1 fully saturated rings. The molecule has 0 spiro atoms. The van der Waals surface area contributed by atoms with Crippen LogP contribution >= 0.6 is 11.8 Å². The van der Waals surface area contributed by atoms with Crippen LogP contribution in [0.25, 0.3) is 0 Å². The summed E-state index contributed by atoms with van der Waals surface area (Å²) in [6.45, 7) is 0.809. The number of carbonyl (C=O) groups is 1. The maximum Gasteiger partial charge on any atom is 0.178 e. The molecule has 0 bridgehead atoms. The van der Waals surface area contributed by atoms with Crippen LogP contribution in [-0.2, 0) is 16.9 Å². The van der Waals surface area contributed by atoms with Gasteiger partial charge in [-0.1, -0.05) is 0 Å². The maximum absolute atomic E-state index is 12.1. The van der Waals surface area contributed by atoms with E-state index in [1.165, 1.54) is 6.26 Å². The van der Waals surface area contributed by atoms with E-state index in [0.717, 1.165) is 5.75 Å². The normalized spacial score (nSPS) is 21.5. The van der Waals surface area contributed by atoms with Crippen molar-refractivity contribution >= 4 is 27.4 Å². The SMILES string of the molecule is Cn1ccc(C(=O)CN2CCSCC2S(C)(=O)=O)c1. The van der Waals surface area contributed by atoms with Crippen molar-refractivity contribution in [2.24, 2.45) is 7.05 Å². The van der Waals surface area contributed by atoms with Gasteiger partial charge in [-0.2, -0.15) is 11.8 Å². The van der Waals surface area contributed by atoms with Gasteiger partial charge in [-0.15, -0.1) is 0 Å². The Hall–Kier alpha value is -0.790. The summed E-state index contributed by atoms with van der Waals surface area (Å²) in [5, 5.41) is -0.543. The lowest BCUT2D eigenvalue weighted by Gasteiger charge is -2.33. The number of rotatable bonds is 4. The lowest BCUT2D eigenvalue weighted by molar-refractivity contribution is 0.0928. The van der Waals surface area contributed by atoms with Gasteiger partial charge in [-0.05, 0) is 6.07 Å². The Morgan fingerprint density at radius 3 is 2.84 bits per heavy atom. The summed E-state index contributed by atoms with van der Waals surface area (Å²) < 4.78 is 25.3. The Morgan fingerprint density at radius 2 is 2.26 bits per heavy atom. The molecule has 1 aliphatic rings. The summed E-state index contributed by atoms with van der Waals surface area (Å²) in [4.78, 5) is 13.9. The first-order valence-corrected chi connectivity index (χ1v) is 9.14. The molecule has 0 aliphatic carbocycles. The second kappa shape index (κ2) is 5.68. The van der Waals surface area contributed by atoms with Crippen LogP contribution < -0.4 is 0 Å². The van der Waals surface area contributed by atoms with Crippen molar-refractivity contribution in [3.05, 3.63) is 24.0 Å². The number of thioether (sulfide) groups is 1. The summed E-state index contributed by atoms with van der Waals surface area (Å²) in [5.41, 5.74) is 0.632. The molecular weight excluding hydrogens is 284 g/mol. The van der Waals surface area contributed by atoms with Crippen molar-refractivity contribution in [2.45, 2.75) is 5.37 Å². The molecule has 0 radical (unpaired) electrons. The summed E-state index contributed by atoms with van der Waals surface area (Å²) in [5.74, 6) is 1.38. The van der Waals surface area contributed by atoms with Crippen molar-refractivity contribution in [3.63, 3.8) is 0 Å². The molecule has 2 heterocycles. The van der Waals surface area contributed by atoms with E-state index < -0.39 is 15.2 Å². The van der Waals surface area contributed by atoms with E-state index in [4.69, 9.17) is 0 Å². The molecule has 106 valence electrons. The molecule has 0 amide bonds. The van der Waals surface area contributed by atoms with Crippen LogP contribution in [0.1, 0.15) is 10.4 Å². The summed E-state index contributed by atoms with van der Waals surface area (Å²) in [6.07, 6.45) is 4.81. The predicted octanol–water partition coefficient (Wildman–Crippen LogP) is 0.627. The molecule has 1 atom stereocenters. The third kappa shape index (κ3) is 3.61. The summed E-state index contributed by atoms with van der Waals surface area (Å²) >= 11 is 1.62. The first kappa shape index (κ1) is 14.6. The highest BCUT2D eigenvalue weighted by molar-refractivity contribution is 8.00. The number of nitrogens with zero attached hydrogens (tertiary/aromatic N) is 2.